The standard InChI is InChI=1S/C20H22N4O2/c1-4-14-5-7-15(8-6-14)22-19-11-12-21-20(24-19)23-16-9-10-17(25-2)18(13-16)26-3/h5-13H,4H2,1-3H3,(H2,21,22,23,24). The number of anilines is 4. The van der Waals surface area contributed by atoms with E-state index in [1.807, 2.05) is 36.4 Å². The number of methoxy groups -OCH3 is 2. The lowest BCUT2D eigenvalue weighted by molar-refractivity contribution is 0.355. The number of aromatic nitrogens is 2. The summed E-state index contributed by atoms with van der Waals surface area (Å²) in [6.07, 6.45) is 2.73. The van der Waals surface area contributed by atoms with Crippen molar-refractivity contribution < 1.29 is 9.47 Å². The van der Waals surface area contributed by atoms with E-state index in [0.717, 1.165) is 17.8 Å². The second-order valence-corrected chi connectivity index (χ2v) is 5.64. The van der Waals surface area contributed by atoms with E-state index in [2.05, 4.69) is 39.7 Å². The molecular weight excluding hydrogens is 328 g/mol. The van der Waals surface area contributed by atoms with E-state index in [1.54, 1.807) is 20.4 Å². The molecule has 0 unspecified atom stereocenters. The van der Waals surface area contributed by atoms with Gasteiger partial charge in [0, 0.05) is 23.6 Å². The van der Waals surface area contributed by atoms with Gasteiger partial charge in [-0.25, -0.2) is 4.98 Å². The van der Waals surface area contributed by atoms with E-state index >= 15 is 0 Å². The molecule has 26 heavy (non-hydrogen) atoms. The zero-order chi connectivity index (χ0) is 18.4. The van der Waals surface area contributed by atoms with Crippen LogP contribution in [-0.2, 0) is 6.42 Å². The highest BCUT2D eigenvalue weighted by Crippen LogP contribution is 2.30. The molecule has 134 valence electrons. The van der Waals surface area contributed by atoms with Crippen LogP contribution in [0, 0.1) is 0 Å². The number of nitrogens with one attached hydrogen (secondary N) is 2. The maximum Gasteiger partial charge on any atom is 0.229 e. The Balaban J connectivity index is 1.74. The smallest absolute Gasteiger partial charge is 0.229 e. The summed E-state index contributed by atoms with van der Waals surface area (Å²) in [5.74, 6) is 2.52. The summed E-state index contributed by atoms with van der Waals surface area (Å²) >= 11 is 0. The van der Waals surface area contributed by atoms with Crippen LogP contribution >= 0.6 is 0 Å². The number of nitrogens with zero attached hydrogens (tertiary/aromatic N) is 2. The minimum absolute atomic E-state index is 0.493. The highest BCUT2D eigenvalue weighted by molar-refractivity contribution is 5.62. The molecule has 0 bridgehead atoms. The van der Waals surface area contributed by atoms with Gasteiger partial charge in [0.25, 0.3) is 0 Å². The third-order valence-corrected chi connectivity index (χ3v) is 3.93. The molecule has 2 N–H and O–H groups in total. The van der Waals surface area contributed by atoms with Crippen molar-refractivity contribution in [3.8, 4) is 11.5 Å². The number of hydrogen-bond acceptors (Lipinski definition) is 6. The maximum atomic E-state index is 5.32. The molecule has 3 aromatic rings. The number of aryl methyl sites for hydroxylation is 1. The summed E-state index contributed by atoms with van der Waals surface area (Å²) in [7, 11) is 3.21. The van der Waals surface area contributed by atoms with Crippen molar-refractivity contribution in [2.24, 2.45) is 0 Å². The lowest BCUT2D eigenvalue weighted by Gasteiger charge is -2.11. The SMILES string of the molecule is CCc1ccc(Nc2ccnc(Nc3ccc(OC)c(OC)c3)n2)cc1. The molecule has 0 amide bonds. The molecule has 6 nitrogen and oxygen atoms in total. The van der Waals surface area contributed by atoms with E-state index in [0.29, 0.717) is 23.3 Å². The Bertz CT molecular complexity index is 866. The number of benzene rings is 2. The Morgan fingerprint density at radius 2 is 1.58 bits per heavy atom. The zero-order valence-electron chi connectivity index (χ0n) is 15.1. The summed E-state index contributed by atoms with van der Waals surface area (Å²) in [5.41, 5.74) is 3.10. The van der Waals surface area contributed by atoms with Crippen molar-refractivity contribution in [1.82, 2.24) is 9.97 Å². The average Bonchev–Trinajstić information content (AvgIpc) is 2.69. The predicted octanol–water partition coefficient (Wildman–Crippen LogP) is 4.54. The van der Waals surface area contributed by atoms with E-state index < -0.39 is 0 Å². The second kappa shape index (κ2) is 8.20. The van der Waals surface area contributed by atoms with Gasteiger partial charge in [0.05, 0.1) is 14.2 Å². The molecule has 0 aliphatic rings. The monoisotopic (exact) mass is 350 g/mol. The van der Waals surface area contributed by atoms with Crippen molar-refractivity contribution in [1.29, 1.82) is 0 Å². The molecule has 1 aromatic heterocycles. The predicted molar refractivity (Wildman–Crippen MR) is 104 cm³/mol. The molecule has 0 spiro atoms. The van der Waals surface area contributed by atoms with Crippen molar-refractivity contribution >= 4 is 23.1 Å². The summed E-state index contributed by atoms with van der Waals surface area (Å²) in [5, 5.41) is 6.46. The molecule has 0 aliphatic carbocycles. The van der Waals surface area contributed by atoms with Gasteiger partial charge in [0.2, 0.25) is 5.95 Å². The Hall–Kier alpha value is -3.28. The van der Waals surface area contributed by atoms with Crippen molar-refractivity contribution in [2.75, 3.05) is 24.9 Å². The molecule has 0 saturated carbocycles. The third-order valence-electron chi connectivity index (χ3n) is 3.93. The van der Waals surface area contributed by atoms with Gasteiger partial charge in [-0.3, -0.25) is 0 Å². The van der Waals surface area contributed by atoms with Crippen LogP contribution in [0.1, 0.15) is 12.5 Å². The first kappa shape index (κ1) is 17.5. The second-order valence-electron chi connectivity index (χ2n) is 5.64. The van der Waals surface area contributed by atoms with Gasteiger partial charge < -0.3 is 20.1 Å². The van der Waals surface area contributed by atoms with E-state index in [-0.39, 0.29) is 0 Å². The summed E-state index contributed by atoms with van der Waals surface area (Å²) in [4.78, 5) is 8.77. The molecule has 6 heteroatoms. The normalized spacial score (nSPS) is 10.3. The summed E-state index contributed by atoms with van der Waals surface area (Å²) in [6, 6.07) is 15.7. The fourth-order valence-electron chi connectivity index (χ4n) is 2.50. The molecule has 0 aliphatic heterocycles. The minimum Gasteiger partial charge on any atom is -0.493 e. The van der Waals surface area contributed by atoms with Crippen LogP contribution < -0.4 is 20.1 Å². The maximum absolute atomic E-state index is 5.32. The van der Waals surface area contributed by atoms with Crippen LogP contribution in [0.5, 0.6) is 11.5 Å². The molecule has 0 fully saturated rings. The van der Waals surface area contributed by atoms with Gasteiger partial charge >= 0.3 is 0 Å². The Morgan fingerprint density at radius 3 is 2.27 bits per heavy atom. The van der Waals surface area contributed by atoms with Gasteiger partial charge in [-0.15, -0.1) is 0 Å². The largest absolute Gasteiger partial charge is 0.493 e. The molecule has 0 atom stereocenters. The van der Waals surface area contributed by atoms with Crippen LogP contribution in [0.2, 0.25) is 0 Å². The molecule has 0 radical (unpaired) electrons. The first-order valence-corrected chi connectivity index (χ1v) is 8.40. The van der Waals surface area contributed by atoms with Gasteiger partial charge in [0.1, 0.15) is 5.82 Å². The highest BCUT2D eigenvalue weighted by atomic mass is 16.5. The molecule has 0 saturated heterocycles. The fraction of sp³-hybridized carbons (Fsp3) is 0.200. The van der Waals surface area contributed by atoms with Crippen LogP contribution in [0.4, 0.5) is 23.1 Å². The summed E-state index contributed by atoms with van der Waals surface area (Å²) in [6.45, 7) is 2.14. The lowest BCUT2D eigenvalue weighted by atomic mass is 10.1. The quantitative estimate of drug-likeness (QED) is 0.652. The first-order chi connectivity index (χ1) is 12.7. The highest BCUT2D eigenvalue weighted by Gasteiger charge is 2.06. The Labute approximate surface area is 153 Å². The number of ether oxygens (including phenoxy) is 2. The average molecular weight is 350 g/mol. The number of rotatable bonds is 7. The van der Waals surface area contributed by atoms with Gasteiger partial charge in [-0.2, -0.15) is 4.98 Å². The van der Waals surface area contributed by atoms with E-state index in [4.69, 9.17) is 9.47 Å². The van der Waals surface area contributed by atoms with Crippen molar-refractivity contribution in [2.45, 2.75) is 13.3 Å². The van der Waals surface area contributed by atoms with Crippen LogP contribution in [0.3, 0.4) is 0 Å². The Morgan fingerprint density at radius 1 is 0.846 bits per heavy atom. The first-order valence-electron chi connectivity index (χ1n) is 8.40. The van der Waals surface area contributed by atoms with Crippen LogP contribution in [-0.4, -0.2) is 24.2 Å². The van der Waals surface area contributed by atoms with E-state index in [9.17, 15) is 0 Å². The van der Waals surface area contributed by atoms with Crippen LogP contribution in [0.25, 0.3) is 0 Å². The van der Waals surface area contributed by atoms with Gasteiger partial charge in [-0.05, 0) is 42.3 Å². The lowest BCUT2D eigenvalue weighted by Crippen LogP contribution is -2.01. The molecule has 2 aromatic carbocycles. The van der Waals surface area contributed by atoms with Gasteiger partial charge in [-0.1, -0.05) is 19.1 Å². The molecule has 1 heterocycles. The molecular formula is C20H22N4O2. The van der Waals surface area contributed by atoms with Crippen molar-refractivity contribution in [3.63, 3.8) is 0 Å². The van der Waals surface area contributed by atoms with Crippen LogP contribution in [0.15, 0.2) is 54.7 Å². The zero-order valence-corrected chi connectivity index (χ0v) is 15.1. The van der Waals surface area contributed by atoms with E-state index in [1.165, 1.54) is 5.56 Å². The van der Waals surface area contributed by atoms with Gasteiger partial charge in [0.15, 0.2) is 11.5 Å². The van der Waals surface area contributed by atoms with Crippen molar-refractivity contribution in [3.05, 3.63) is 60.3 Å². The summed E-state index contributed by atoms with van der Waals surface area (Å²) < 4.78 is 10.6. The molecule has 3 rings (SSSR count). The Kier molecular flexibility index (Phi) is 5.53. The minimum atomic E-state index is 0.493. The topological polar surface area (TPSA) is 68.3 Å². The third kappa shape index (κ3) is 4.22. The fourth-order valence-corrected chi connectivity index (χ4v) is 2.50. The number of hydrogen-bond donors (Lipinski definition) is 2.